The number of hydrogen-bond acceptors (Lipinski definition) is 2. The molecule has 0 atom stereocenters. The molecule has 4 aromatic rings. The number of benzene rings is 1. The second-order valence-electron chi connectivity index (χ2n) is 5.23. The number of imidazole rings is 1. The molecule has 6 heteroatoms. The van der Waals surface area contributed by atoms with Gasteiger partial charge in [-0.15, -0.1) is 0 Å². The molecule has 0 fully saturated rings. The predicted molar refractivity (Wildman–Crippen MR) is 80.0 cm³/mol. The van der Waals surface area contributed by atoms with Crippen LogP contribution in [-0.2, 0) is 0 Å². The van der Waals surface area contributed by atoms with Crippen LogP contribution in [0.15, 0.2) is 42.9 Å². The smallest absolute Gasteiger partial charge is 0.264 e. The molecular formula is C16H12F2N4. The Kier molecular flexibility index (Phi) is 2.72. The Hall–Kier alpha value is -2.76. The highest BCUT2D eigenvalue weighted by Crippen LogP contribution is 2.36. The van der Waals surface area contributed by atoms with Gasteiger partial charge in [-0.1, -0.05) is 6.07 Å². The summed E-state index contributed by atoms with van der Waals surface area (Å²) in [6.07, 6.45) is 2.73. The molecule has 3 heterocycles. The molecule has 22 heavy (non-hydrogen) atoms. The third-order valence-corrected chi connectivity index (χ3v) is 3.75. The first-order chi connectivity index (χ1) is 10.6. The lowest BCUT2D eigenvalue weighted by Gasteiger charge is -2.11. The summed E-state index contributed by atoms with van der Waals surface area (Å²) in [6, 6.07) is 6.73. The molecule has 0 unspecified atom stereocenters. The van der Waals surface area contributed by atoms with Gasteiger partial charge in [-0.05, 0) is 30.7 Å². The summed E-state index contributed by atoms with van der Waals surface area (Å²) in [5.74, 6) is 0. The number of rotatable bonds is 2. The fourth-order valence-corrected chi connectivity index (χ4v) is 2.80. The molecule has 0 radical (unpaired) electrons. The van der Waals surface area contributed by atoms with Crippen molar-refractivity contribution < 1.29 is 8.78 Å². The van der Waals surface area contributed by atoms with E-state index in [2.05, 4.69) is 15.2 Å². The SMILES string of the molecule is Cc1cn2cc(-c3c(C(F)F)ccc4[nH]ncc34)ccc2n1. The van der Waals surface area contributed by atoms with E-state index in [1.165, 1.54) is 6.07 Å². The van der Waals surface area contributed by atoms with Crippen LogP contribution in [0.5, 0.6) is 0 Å². The van der Waals surface area contributed by atoms with E-state index < -0.39 is 6.43 Å². The standard InChI is InChI=1S/C16H12F2N4/c1-9-7-22-8-10(2-5-14(22)20-9)15-11(16(17)18)3-4-13-12(15)6-19-21-13/h2-8,16H,1H3,(H,19,21). The number of aromatic amines is 1. The van der Waals surface area contributed by atoms with Crippen LogP contribution in [-0.4, -0.2) is 19.6 Å². The van der Waals surface area contributed by atoms with Crippen LogP contribution in [0.2, 0.25) is 0 Å². The normalized spacial score (nSPS) is 11.8. The topological polar surface area (TPSA) is 46.0 Å². The van der Waals surface area contributed by atoms with Crippen molar-refractivity contribution in [3.8, 4) is 11.1 Å². The predicted octanol–water partition coefficient (Wildman–Crippen LogP) is 4.12. The maximum Gasteiger partial charge on any atom is 0.264 e. The fraction of sp³-hybridized carbons (Fsp3) is 0.125. The van der Waals surface area contributed by atoms with Crippen molar-refractivity contribution in [2.75, 3.05) is 0 Å². The minimum absolute atomic E-state index is 0.00471. The van der Waals surface area contributed by atoms with Crippen molar-refractivity contribution in [1.29, 1.82) is 0 Å². The summed E-state index contributed by atoms with van der Waals surface area (Å²) in [4.78, 5) is 4.35. The average molecular weight is 298 g/mol. The minimum atomic E-state index is -2.55. The summed E-state index contributed by atoms with van der Waals surface area (Å²) in [5.41, 5.74) is 3.64. The Morgan fingerprint density at radius 2 is 2.00 bits per heavy atom. The number of aryl methyl sites for hydroxylation is 1. The molecule has 0 amide bonds. The van der Waals surface area contributed by atoms with Gasteiger partial charge in [-0.3, -0.25) is 5.10 Å². The number of alkyl halides is 2. The molecule has 0 aliphatic heterocycles. The van der Waals surface area contributed by atoms with Crippen LogP contribution >= 0.6 is 0 Å². The van der Waals surface area contributed by atoms with Crippen molar-refractivity contribution in [1.82, 2.24) is 19.6 Å². The van der Waals surface area contributed by atoms with Crippen molar-refractivity contribution in [2.45, 2.75) is 13.3 Å². The molecular weight excluding hydrogens is 286 g/mol. The summed E-state index contributed by atoms with van der Waals surface area (Å²) >= 11 is 0. The number of nitrogens with zero attached hydrogens (tertiary/aromatic N) is 3. The van der Waals surface area contributed by atoms with Gasteiger partial charge in [0.25, 0.3) is 6.43 Å². The molecule has 0 saturated heterocycles. The molecule has 0 spiro atoms. The Labute approximate surface area is 124 Å². The lowest BCUT2D eigenvalue weighted by atomic mass is 9.97. The first-order valence-corrected chi connectivity index (χ1v) is 6.83. The van der Waals surface area contributed by atoms with Gasteiger partial charge in [-0.2, -0.15) is 5.10 Å². The number of aromatic nitrogens is 4. The Bertz CT molecular complexity index is 984. The van der Waals surface area contributed by atoms with E-state index in [0.717, 1.165) is 16.9 Å². The summed E-state index contributed by atoms with van der Waals surface area (Å²) in [6.45, 7) is 1.90. The molecule has 0 aliphatic carbocycles. The molecule has 1 aromatic carbocycles. The van der Waals surface area contributed by atoms with Crippen molar-refractivity contribution in [3.05, 3.63) is 54.1 Å². The summed E-state index contributed by atoms with van der Waals surface area (Å²) in [7, 11) is 0. The Morgan fingerprint density at radius 1 is 1.14 bits per heavy atom. The average Bonchev–Trinajstić information content (AvgIpc) is 3.09. The third-order valence-electron chi connectivity index (χ3n) is 3.75. The van der Waals surface area contributed by atoms with Gasteiger partial charge >= 0.3 is 0 Å². The number of nitrogens with one attached hydrogen (secondary N) is 1. The van der Waals surface area contributed by atoms with Crippen LogP contribution in [0, 0.1) is 6.92 Å². The summed E-state index contributed by atoms with van der Waals surface area (Å²) in [5, 5.41) is 7.48. The molecule has 1 N–H and O–H groups in total. The van der Waals surface area contributed by atoms with Crippen LogP contribution < -0.4 is 0 Å². The second kappa shape index (κ2) is 4.62. The number of fused-ring (bicyclic) bond motifs is 2. The molecule has 110 valence electrons. The van der Waals surface area contributed by atoms with Gasteiger partial charge in [0.1, 0.15) is 5.65 Å². The van der Waals surface area contributed by atoms with Crippen LogP contribution in [0.3, 0.4) is 0 Å². The number of hydrogen-bond donors (Lipinski definition) is 1. The largest absolute Gasteiger partial charge is 0.306 e. The zero-order valence-corrected chi connectivity index (χ0v) is 11.7. The highest BCUT2D eigenvalue weighted by molar-refractivity contribution is 5.96. The van der Waals surface area contributed by atoms with E-state index in [9.17, 15) is 8.78 Å². The second-order valence-corrected chi connectivity index (χ2v) is 5.23. The van der Waals surface area contributed by atoms with Gasteiger partial charge in [0.05, 0.1) is 17.4 Å². The molecule has 0 bridgehead atoms. The Morgan fingerprint density at radius 3 is 2.82 bits per heavy atom. The Balaban J connectivity index is 2.04. The van der Waals surface area contributed by atoms with Crippen LogP contribution in [0.1, 0.15) is 17.7 Å². The van der Waals surface area contributed by atoms with Gasteiger partial charge < -0.3 is 4.40 Å². The molecule has 4 rings (SSSR count). The fourth-order valence-electron chi connectivity index (χ4n) is 2.80. The molecule has 3 aromatic heterocycles. The zero-order valence-electron chi connectivity index (χ0n) is 11.7. The molecule has 4 nitrogen and oxygen atoms in total. The van der Waals surface area contributed by atoms with Crippen molar-refractivity contribution in [2.24, 2.45) is 0 Å². The molecule has 0 saturated carbocycles. The van der Waals surface area contributed by atoms with E-state index in [-0.39, 0.29) is 5.56 Å². The highest BCUT2D eigenvalue weighted by Gasteiger charge is 2.18. The molecule has 0 aliphatic rings. The number of H-pyrrole nitrogens is 1. The lowest BCUT2D eigenvalue weighted by Crippen LogP contribution is -1.93. The minimum Gasteiger partial charge on any atom is -0.306 e. The van der Waals surface area contributed by atoms with Crippen molar-refractivity contribution in [3.63, 3.8) is 0 Å². The van der Waals surface area contributed by atoms with Crippen molar-refractivity contribution >= 4 is 16.6 Å². The van der Waals surface area contributed by atoms with Gasteiger partial charge in [0.15, 0.2) is 0 Å². The number of pyridine rings is 1. The van der Waals surface area contributed by atoms with Gasteiger partial charge in [0.2, 0.25) is 0 Å². The highest BCUT2D eigenvalue weighted by atomic mass is 19.3. The van der Waals surface area contributed by atoms with Gasteiger partial charge in [-0.25, -0.2) is 13.8 Å². The van der Waals surface area contributed by atoms with Crippen LogP contribution in [0.4, 0.5) is 8.78 Å². The maximum atomic E-state index is 13.4. The number of halogens is 2. The van der Waals surface area contributed by atoms with E-state index in [1.807, 2.05) is 35.9 Å². The van der Waals surface area contributed by atoms with Gasteiger partial charge in [0, 0.05) is 28.9 Å². The first-order valence-electron chi connectivity index (χ1n) is 6.83. The summed E-state index contributed by atoms with van der Waals surface area (Å²) < 4.78 is 28.7. The van der Waals surface area contributed by atoms with E-state index in [1.54, 1.807) is 12.3 Å². The lowest BCUT2D eigenvalue weighted by molar-refractivity contribution is 0.152. The van der Waals surface area contributed by atoms with Crippen LogP contribution in [0.25, 0.3) is 27.7 Å². The third kappa shape index (κ3) is 1.88. The van der Waals surface area contributed by atoms with E-state index in [4.69, 9.17) is 0 Å². The maximum absolute atomic E-state index is 13.4. The first kappa shape index (κ1) is 12.9. The quantitative estimate of drug-likeness (QED) is 0.605. The zero-order chi connectivity index (χ0) is 15.3. The monoisotopic (exact) mass is 298 g/mol. The van der Waals surface area contributed by atoms with E-state index in [0.29, 0.717) is 16.5 Å². The van der Waals surface area contributed by atoms with E-state index >= 15 is 0 Å².